The number of carbonyl (C=O) groups is 1. The Balaban J connectivity index is 1.64. The molecular weight excluding hydrogens is 296 g/mol. The van der Waals surface area contributed by atoms with Gasteiger partial charge < -0.3 is 9.84 Å². The molecule has 1 N–H and O–H groups in total. The maximum Gasteiger partial charge on any atom is 0.354 e. The topological polar surface area (TPSA) is 80.5 Å². The van der Waals surface area contributed by atoms with E-state index in [9.17, 15) is 4.79 Å². The highest BCUT2D eigenvalue weighted by Crippen LogP contribution is 2.11. The van der Waals surface area contributed by atoms with Crippen molar-refractivity contribution >= 4 is 5.97 Å². The quantitative estimate of drug-likeness (QED) is 0.894. The van der Waals surface area contributed by atoms with Gasteiger partial charge in [-0.3, -0.25) is 9.58 Å². The van der Waals surface area contributed by atoms with E-state index in [1.165, 1.54) is 6.07 Å². The minimum absolute atomic E-state index is 0.0695. The highest BCUT2D eigenvalue weighted by molar-refractivity contribution is 5.85. The smallest absolute Gasteiger partial charge is 0.354 e. The van der Waals surface area contributed by atoms with Gasteiger partial charge in [0.25, 0.3) is 0 Å². The number of aromatic carboxylic acids is 1. The largest absolute Gasteiger partial charge is 0.477 e. The molecule has 1 saturated heterocycles. The van der Waals surface area contributed by atoms with Gasteiger partial charge in [0.05, 0.1) is 18.3 Å². The van der Waals surface area contributed by atoms with Crippen LogP contribution in [-0.4, -0.2) is 56.5 Å². The molecule has 3 rings (SSSR count). The van der Waals surface area contributed by atoms with Crippen LogP contribution in [-0.2, 0) is 17.8 Å². The van der Waals surface area contributed by atoms with Crippen molar-refractivity contribution in [2.75, 3.05) is 19.7 Å². The first-order valence-electron chi connectivity index (χ1n) is 7.71. The highest BCUT2D eigenvalue weighted by atomic mass is 16.5. The van der Waals surface area contributed by atoms with Gasteiger partial charge in [-0.1, -0.05) is 6.07 Å². The summed E-state index contributed by atoms with van der Waals surface area (Å²) in [6, 6.07) is 7.01. The molecule has 0 amide bonds. The first-order valence-corrected chi connectivity index (χ1v) is 7.71. The second-order valence-corrected chi connectivity index (χ2v) is 5.63. The van der Waals surface area contributed by atoms with Crippen LogP contribution in [0.4, 0.5) is 0 Å². The lowest BCUT2D eigenvalue weighted by Gasteiger charge is -2.23. The summed E-state index contributed by atoms with van der Waals surface area (Å²) in [5.74, 6) is -0.998. The normalized spacial score (nSPS) is 19.4. The van der Waals surface area contributed by atoms with E-state index in [2.05, 4.69) is 15.0 Å². The predicted molar refractivity (Wildman–Crippen MR) is 83.1 cm³/mol. The highest BCUT2D eigenvalue weighted by Gasteiger charge is 2.20. The van der Waals surface area contributed by atoms with E-state index in [1.807, 2.05) is 23.0 Å². The Labute approximate surface area is 134 Å². The Morgan fingerprint density at radius 1 is 1.39 bits per heavy atom. The molecule has 1 atom stereocenters. The maximum atomic E-state index is 11.0. The van der Waals surface area contributed by atoms with E-state index in [4.69, 9.17) is 9.84 Å². The molecule has 1 fully saturated rings. The molecule has 0 saturated carbocycles. The van der Waals surface area contributed by atoms with Crippen molar-refractivity contribution in [2.24, 2.45) is 0 Å². The van der Waals surface area contributed by atoms with Crippen molar-refractivity contribution < 1.29 is 14.6 Å². The van der Waals surface area contributed by atoms with Gasteiger partial charge in [0.15, 0.2) is 0 Å². The minimum atomic E-state index is -0.998. The fraction of sp³-hybridized carbons (Fsp3) is 0.438. The number of hydrogen-bond donors (Lipinski definition) is 1. The standard InChI is InChI=1S/C16H20N4O3/c21-16(22)15-5-1-4-13(18-15)10-19-7-3-9-23-14(11-19)12-20-8-2-6-17-20/h1-2,4-6,8,14H,3,7,9-12H2,(H,21,22). The molecule has 0 bridgehead atoms. The second-order valence-electron chi connectivity index (χ2n) is 5.63. The zero-order valence-electron chi connectivity index (χ0n) is 12.8. The molecule has 3 heterocycles. The molecule has 2 aromatic heterocycles. The van der Waals surface area contributed by atoms with Crippen molar-refractivity contribution in [2.45, 2.75) is 25.6 Å². The molecule has 0 aromatic carbocycles. The fourth-order valence-corrected chi connectivity index (χ4v) is 2.76. The van der Waals surface area contributed by atoms with Crippen LogP contribution in [0.25, 0.3) is 0 Å². The average Bonchev–Trinajstić information content (AvgIpc) is 2.94. The van der Waals surface area contributed by atoms with Gasteiger partial charge in [-0.15, -0.1) is 0 Å². The Morgan fingerprint density at radius 3 is 3.09 bits per heavy atom. The van der Waals surface area contributed by atoms with Crippen LogP contribution in [0.3, 0.4) is 0 Å². The van der Waals surface area contributed by atoms with Gasteiger partial charge in [0.2, 0.25) is 0 Å². The Hall–Kier alpha value is -2.25. The Kier molecular flexibility index (Phi) is 4.99. The molecule has 1 aliphatic rings. The number of aromatic nitrogens is 3. The van der Waals surface area contributed by atoms with E-state index in [0.717, 1.165) is 31.8 Å². The van der Waals surface area contributed by atoms with Gasteiger partial charge in [-0.25, -0.2) is 9.78 Å². The van der Waals surface area contributed by atoms with Crippen molar-refractivity contribution in [1.82, 2.24) is 19.7 Å². The molecule has 7 heteroatoms. The number of nitrogens with zero attached hydrogens (tertiary/aromatic N) is 4. The van der Waals surface area contributed by atoms with Gasteiger partial charge in [0.1, 0.15) is 5.69 Å². The zero-order chi connectivity index (χ0) is 16.1. The molecular formula is C16H20N4O3. The molecule has 1 unspecified atom stereocenters. The maximum absolute atomic E-state index is 11.0. The van der Waals surface area contributed by atoms with E-state index in [1.54, 1.807) is 12.3 Å². The van der Waals surface area contributed by atoms with Crippen LogP contribution in [0.15, 0.2) is 36.7 Å². The van der Waals surface area contributed by atoms with Crippen LogP contribution in [0.5, 0.6) is 0 Å². The van der Waals surface area contributed by atoms with Crippen molar-refractivity contribution in [3.05, 3.63) is 48.0 Å². The third-order valence-corrected chi connectivity index (χ3v) is 3.80. The third-order valence-electron chi connectivity index (χ3n) is 3.80. The van der Waals surface area contributed by atoms with Gasteiger partial charge >= 0.3 is 5.97 Å². The Bertz CT molecular complexity index is 645. The molecule has 0 spiro atoms. The molecule has 0 radical (unpaired) electrons. The number of hydrogen-bond acceptors (Lipinski definition) is 5. The lowest BCUT2D eigenvalue weighted by Crippen LogP contribution is -2.34. The molecule has 1 aliphatic heterocycles. The van der Waals surface area contributed by atoms with Gasteiger partial charge in [0, 0.05) is 38.6 Å². The summed E-state index contributed by atoms with van der Waals surface area (Å²) >= 11 is 0. The average molecular weight is 316 g/mol. The summed E-state index contributed by atoms with van der Waals surface area (Å²) in [4.78, 5) is 17.5. The summed E-state index contributed by atoms with van der Waals surface area (Å²) in [6.07, 6.45) is 4.71. The Morgan fingerprint density at radius 2 is 2.30 bits per heavy atom. The van der Waals surface area contributed by atoms with Crippen LogP contribution in [0.2, 0.25) is 0 Å². The van der Waals surface area contributed by atoms with Gasteiger partial charge in [-0.05, 0) is 24.6 Å². The van der Waals surface area contributed by atoms with E-state index in [0.29, 0.717) is 13.1 Å². The summed E-state index contributed by atoms with van der Waals surface area (Å²) in [6.45, 7) is 3.75. The van der Waals surface area contributed by atoms with E-state index >= 15 is 0 Å². The zero-order valence-corrected chi connectivity index (χ0v) is 12.8. The number of carboxylic acid groups (broad SMARTS) is 1. The van der Waals surface area contributed by atoms with E-state index < -0.39 is 5.97 Å². The number of ether oxygens (including phenoxy) is 1. The molecule has 7 nitrogen and oxygen atoms in total. The lowest BCUT2D eigenvalue weighted by molar-refractivity contribution is 0.0389. The van der Waals surface area contributed by atoms with Crippen LogP contribution in [0, 0.1) is 0 Å². The number of rotatable bonds is 5. The molecule has 0 aliphatic carbocycles. The van der Waals surface area contributed by atoms with Gasteiger partial charge in [-0.2, -0.15) is 5.10 Å². The SMILES string of the molecule is O=C(O)c1cccc(CN2CCCOC(Cn3cccn3)C2)n1. The predicted octanol–water partition coefficient (Wildman–Crippen LogP) is 1.27. The molecule has 23 heavy (non-hydrogen) atoms. The first-order chi connectivity index (χ1) is 11.2. The number of carboxylic acids is 1. The summed E-state index contributed by atoms with van der Waals surface area (Å²) in [7, 11) is 0. The summed E-state index contributed by atoms with van der Waals surface area (Å²) in [5, 5.41) is 13.3. The third kappa shape index (κ3) is 4.37. The van der Waals surface area contributed by atoms with Crippen LogP contribution < -0.4 is 0 Å². The lowest BCUT2D eigenvalue weighted by atomic mass is 10.2. The monoisotopic (exact) mass is 316 g/mol. The summed E-state index contributed by atoms with van der Waals surface area (Å²) in [5.41, 5.74) is 0.853. The minimum Gasteiger partial charge on any atom is -0.477 e. The van der Waals surface area contributed by atoms with Crippen LogP contribution >= 0.6 is 0 Å². The van der Waals surface area contributed by atoms with Crippen molar-refractivity contribution in [3.8, 4) is 0 Å². The molecule has 122 valence electrons. The van der Waals surface area contributed by atoms with Crippen molar-refractivity contribution in [3.63, 3.8) is 0 Å². The van der Waals surface area contributed by atoms with Crippen molar-refractivity contribution in [1.29, 1.82) is 0 Å². The van der Waals surface area contributed by atoms with Crippen LogP contribution in [0.1, 0.15) is 22.6 Å². The number of pyridine rings is 1. The molecule has 2 aromatic rings. The summed E-state index contributed by atoms with van der Waals surface area (Å²) < 4.78 is 7.76. The first kappa shape index (κ1) is 15.6. The second kappa shape index (κ2) is 7.34. The fourth-order valence-electron chi connectivity index (χ4n) is 2.76. The van der Waals surface area contributed by atoms with E-state index in [-0.39, 0.29) is 11.8 Å².